The van der Waals surface area contributed by atoms with Crippen molar-refractivity contribution in [2.75, 3.05) is 33.3 Å². The van der Waals surface area contributed by atoms with E-state index in [1.165, 1.54) is 7.11 Å². The van der Waals surface area contributed by atoms with Crippen molar-refractivity contribution >= 4 is 8.18 Å². The summed E-state index contributed by atoms with van der Waals surface area (Å²) in [6.45, 7) is 2.78. The van der Waals surface area contributed by atoms with Gasteiger partial charge >= 0.3 is 8.18 Å². The molecular weight excluding hydrogens is 165 g/mol. The predicted octanol–water partition coefficient (Wildman–Crippen LogP) is -0.572. The molecule has 0 amide bonds. The Balaban J connectivity index is 2.95. The summed E-state index contributed by atoms with van der Waals surface area (Å²) in [5.74, 6) is 0. The average molecular weight is 180 g/mol. The fourth-order valence-electron chi connectivity index (χ4n) is 0.527. The maximum Gasteiger partial charge on any atom is 0.612 e. The van der Waals surface area contributed by atoms with E-state index >= 15 is 0 Å². The first-order chi connectivity index (χ1) is 5.31. The zero-order chi connectivity index (χ0) is 8.53. The molecule has 0 saturated heterocycles. The van der Waals surface area contributed by atoms with E-state index in [4.69, 9.17) is 5.73 Å². The van der Waals surface area contributed by atoms with E-state index in [2.05, 4.69) is 14.9 Å². The second-order valence-electron chi connectivity index (χ2n) is 1.89. The molecule has 4 N–H and O–H groups in total. The SMILES string of the molecule is CO[P+](=O)NCCNCCN. The normalized spacial score (nSPS) is 11.6. The van der Waals surface area contributed by atoms with Crippen molar-refractivity contribution in [2.24, 2.45) is 5.73 Å². The number of nitrogens with one attached hydrogen (secondary N) is 2. The Morgan fingerprint density at radius 1 is 1.45 bits per heavy atom. The van der Waals surface area contributed by atoms with Crippen LogP contribution in [0.3, 0.4) is 0 Å². The van der Waals surface area contributed by atoms with Crippen LogP contribution in [0.2, 0.25) is 0 Å². The summed E-state index contributed by atoms with van der Waals surface area (Å²) < 4.78 is 15.1. The van der Waals surface area contributed by atoms with Crippen molar-refractivity contribution in [1.82, 2.24) is 10.4 Å². The fraction of sp³-hybridized carbons (Fsp3) is 1.00. The molecule has 0 aliphatic rings. The zero-order valence-corrected chi connectivity index (χ0v) is 7.56. The van der Waals surface area contributed by atoms with Crippen molar-refractivity contribution in [1.29, 1.82) is 0 Å². The van der Waals surface area contributed by atoms with E-state index in [0.29, 0.717) is 13.1 Å². The molecule has 0 bridgehead atoms. The van der Waals surface area contributed by atoms with Crippen molar-refractivity contribution < 1.29 is 9.09 Å². The summed E-state index contributed by atoms with van der Waals surface area (Å²) >= 11 is 0. The lowest BCUT2D eigenvalue weighted by molar-refractivity contribution is 0.404. The molecule has 66 valence electrons. The van der Waals surface area contributed by atoms with Gasteiger partial charge in [-0.2, -0.15) is 0 Å². The summed E-state index contributed by atoms with van der Waals surface area (Å²) in [7, 11) is -0.269. The van der Waals surface area contributed by atoms with Gasteiger partial charge < -0.3 is 11.1 Å². The minimum absolute atomic E-state index is 0.621. The Bertz CT molecular complexity index is 112. The molecule has 0 spiro atoms. The smallest absolute Gasteiger partial charge is 0.329 e. The standard InChI is InChI=1S/C5H15N3O2P/c1-10-11(9)8-5-4-7-3-2-6/h7H,2-6H2,1H3,(H,8,9)/q+1. The third kappa shape index (κ3) is 7.84. The lowest BCUT2D eigenvalue weighted by Crippen LogP contribution is -2.28. The molecule has 0 radical (unpaired) electrons. The molecule has 11 heavy (non-hydrogen) atoms. The van der Waals surface area contributed by atoms with Gasteiger partial charge in [-0.25, -0.2) is 0 Å². The Morgan fingerprint density at radius 3 is 2.73 bits per heavy atom. The van der Waals surface area contributed by atoms with E-state index in [1.54, 1.807) is 0 Å². The summed E-state index contributed by atoms with van der Waals surface area (Å²) in [5, 5.41) is 5.72. The summed E-state index contributed by atoms with van der Waals surface area (Å²) in [5.41, 5.74) is 5.23. The molecule has 0 aliphatic heterocycles. The van der Waals surface area contributed by atoms with Crippen LogP contribution in [0.15, 0.2) is 0 Å². The Morgan fingerprint density at radius 2 is 2.18 bits per heavy atom. The summed E-state index contributed by atoms with van der Waals surface area (Å²) in [4.78, 5) is 0. The molecule has 0 aromatic heterocycles. The van der Waals surface area contributed by atoms with Crippen molar-refractivity contribution in [2.45, 2.75) is 0 Å². The molecule has 0 saturated carbocycles. The average Bonchev–Trinajstić information content (AvgIpc) is 2.04. The third-order valence-corrected chi connectivity index (χ3v) is 1.84. The highest BCUT2D eigenvalue weighted by atomic mass is 31.1. The maximum absolute atomic E-state index is 10.6. The van der Waals surface area contributed by atoms with Crippen molar-refractivity contribution in [3.63, 3.8) is 0 Å². The van der Waals surface area contributed by atoms with Gasteiger partial charge in [-0.05, 0) is 4.57 Å². The van der Waals surface area contributed by atoms with Crippen LogP contribution in [0.25, 0.3) is 0 Å². The summed E-state index contributed by atoms with van der Waals surface area (Å²) in [6, 6.07) is 0. The topological polar surface area (TPSA) is 76.4 Å². The summed E-state index contributed by atoms with van der Waals surface area (Å²) in [6.07, 6.45) is 0. The monoisotopic (exact) mass is 180 g/mol. The predicted molar refractivity (Wildman–Crippen MR) is 44.5 cm³/mol. The maximum atomic E-state index is 10.6. The first kappa shape index (κ1) is 10.9. The fourth-order valence-corrected chi connectivity index (χ4v) is 0.951. The number of hydrogen-bond acceptors (Lipinski definition) is 4. The van der Waals surface area contributed by atoms with Gasteiger partial charge in [0.05, 0.1) is 13.7 Å². The number of rotatable bonds is 7. The third-order valence-electron chi connectivity index (χ3n) is 1.03. The van der Waals surface area contributed by atoms with Crippen LogP contribution >= 0.6 is 8.18 Å². The molecule has 0 aromatic carbocycles. The highest BCUT2D eigenvalue weighted by molar-refractivity contribution is 7.36. The minimum atomic E-state index is -1.67. The van der Waals surface area contributed by atoms with Gasteiger partial charge in [0.2, 0.25) is 0 Å². The van der Waals surface area contributed by atoms with Gasteiger partial charge in [-0.15, -0.1) is 4.52 Å². The highest BCUT2D eigenvalue weighted by Gasteiger charge is 2.11. The van der Waals surface area contributed by atoms with Crippen molar-refractivity contribution in [3.05, 3.63) is 0 Å². The largest absolute Gasteiger partial charge is 0.612 e. The van der Waals surface area contributed by atoms with Gasteiger partial charge in [0.25, 0.3) is 0 Å². The van der Waals surface area contributed by atoms with Gasteiger partial charge in [0.15, 0.2) is 0 Å². The molecule has 0 aliphatic carbocycles. The molecule has 0 fully saturated rings. The van der Waals surface area contributed by atoms with Crippen LogP contribution in [0, 0.1) is 0 Å². The van der Waals surface area contributed by atoms with Crippen LogP contribution in [-0.4, -0.2) is 33.3 Å². The zero-order valence-electron chi connectivity index (χ0n) is 6.67. The number of nitrogens with two attached hydrogens (primary N) is 1. The van der Waals surface area contributed by atoms with Crippen LogP contribution in [0.4, 0.5) is 0 Å². The molecular formula is C5H15N3O2P+. The van der Waals surface area contributed by atoms with Gasteiger partial charge in [-0.3, -0.25) is 0 Å². The van der Waals surface area contributed by atoms with Crippen molar-refractivity contribution in [3.8, 4) is 0 Å². The lowest BCUT2D eigenvalue weighted by Gasteiger charge is -1.97. The first-order valence-electron chi connectivity index (χ1n) is 3.47. The molecule has 1 unspecified atom stereocenters. The Kier molecular flexibility index (Phi) is 8.00. The van der Waals surface area contributed by atoms with Crippen LogP contribution in [-0.2, 0) is 9.09 Å². The molecule has 1 atom stereocenters. The minimum Gasteiger partial charge on any atom is -0.329 e. The molecule has 6 heteroatoms. The van der Waals surface area contributed by atoms with E-state index in [0.717, 1.165) is 13.1 Å². The van der Waals surface area contributed by atoms with E-state index < -0.39 is 8.18 Å². The van der Waals surface area contributed by atoms with E-state index in [9.17, 15) is 4.57 Å². The quantitative estimate of drug-likeness (QED) is 0.361. The second-order valence-corrected chi connectivity index (χ2v) is 3.08. The van der Waals surface area contributed by atoms with Crippen LogP contribution in [0.5, 0.6) is 0 Å². The molecule has 5 nitrogen and oxygen atoms in total. The first-order valence-corrected chi connectivity index (χ1v) is 4.64. The number of hydrogen-bond donors (Lipinski definition) is 3. The molecule has 0 rings (SSSR count). The Hall–Kier alpha value is -0.0600. The highest BCUT2D eigenvalue weighted by Crippen LogP contribution is 2.11. The lowest BCUT2D eigenvalue weighted by atomic mass is 10.6. The van der Waals surface area contributed by atoms with Gasteiger partial charge in [-0.1, -0.05) is 5.09 Å². The van der Waals surface area contributed by atoms with E-state index in [1.807, 2.05) is 0 Å². The van der Waals surface area contributed by atoms with E-state index in [-0.39, 0.29) is 0 Å². The van der Waals surface area contributed by atoms with Gasteiger partial charge in [0, 0.05) is 19.6 Å². The molecule has 0 heterocycles. The van der Waals surface area contributed by atoms with Crippen LogP contribution in [0.1, 0.15) is 0 Å². The van der Waals surface area contributed by atoms with Gasteiger partial charge in [0.1, 0.15) is 0 Å². The second kappa shape index (κ2) is 8.04. The molecule has 0 aromatic rings. The Labute approximate surface area is 67.6 Å². The van der Waals surface area contributed by atoms with Crippen LogP contribution < -0.4 is 16.1 Å².